The molecule has 0 unspecified atom stereocenters. The van der Waals surface area contributed by atoms with Crippen LogP contribution in [-0.4, -0.2) is 27.0 Å². The average Bonchev–Trinajstić information content (AvgIpc) is 3.37. The number of hydrogen-bond acceptors (Lipinski definition) is 6. The molecular formula is C17H23N3O2S2. The van der Waals surface area contributed by atoms with Crippen molar-refractivity contribution in [2.24, 2.45) is 16.6 Å². The molecule has 3 rings (SSSR count). The molecule has 0 aromatic carbocycles. The van der Waals surface area contributed by atoms with Gasteiger partial charge in [-0.15, -0.1) is 11.8 Å². The molecule has 0 saturated heterocycles. The third kappa shape index (κ3) is 4.00. The summed E-state index contributed by atoms with van der Waals surface area (Å²) in [7, 11) is 0. The van der Waals surface area contributed by atoms with Crippen LogP contribution >= 0.6 is 23.1 Å². The molecule has 130 valence electrons. The highest BCUT2D eigenvalue weighted by atomic mass is 32.2. The Balaban J connectivity index is 1.98. The number of hydrogen-bond donors (Lipinski definition) is 2. The molecule has 24 heavy (non-hydrogen) atoms. The second-order valence-corrected chi connectivity index (χ2v) is 9.57. The van der Waals surface area contributed by atoms with E-state index in [0.717, 1.165) is 18.5 Å². The average molecular weight is 366 g/mol. The van der Waals surface area contributed by atoms with Crippen LogP contribution in [0.25, 0.3) is 0 Å². The molecule has 0 spiro atoms. The summed E-state index contributed by atoms with van der Waals surface area (Å²) >= 11 is 3.29. The highest BCUT2D eigenvalue weighted by Crippen LogP contribution is 2.48. The SMILES string of the molecule is CC(N)=C(C(=Nc1nc(C2CC2)c(SC(C)C)s1)C(=O)O)C1CC1. The fourth-order valence-corrected chi connectivity index (χ4v) is 5.18. The van der Waals surface area contributed by atoms with Gasteiger partial charge >= 0.3 is 5.97 Å². The lowest BCUT2D eigenvalue weighted by Gasteiger charge is -2.07. The second kappa shape index (κ2) is 6.88. The van der Waals surface area contributed by atoms with E-state index in [1.54, 1.807) is 18.7 Å². The number of thiazole rings is 1. The van der Waals surface area contributed by atoms with Gasteiger partial charge < -0.3 is 10.8 Å². The number of aliphatic carboxylic acids is 1. The van der Waals surface area contributed by atoms with Gasteiger partial charge in [-0.3, -0.25) is 0 Å². The first kappa shape index (κ1) is 17.5. The molecule has 3 N–H and O–H groups in total. The van der Waals surface area contributed by atoms with E-state index >= 15 is 0 Å². The van der Waals surface area contributed by atoms with Crippen LogP contribution in [0, 0.1) is 5.92 Å². The highest BCUT2D eigenvalue weighted by Gasteiger charge is 2.34. The fourth-order valence-electron chi connectivity index (χ4n) is 2.66. The van der Waals surface area contributed by atoms with Gasteiger partial charge in [0.2, 0.25) is 5.13 Å². The van der Waals surface area contributed by atoms with Gasteiger partial charge in [-0.05, 0) is 38.5 Å². The first-order valence-corrected chi connectivity index (χ1v) is 10.0. The molecule has 0 radical (unpaired) electrons. The smallest absolute Gasteiger partial charge is 0.354 e. The fraction of sp³-hybridized carbons (Fsp3) is 0.588. The van der Waals surface area contributed by atoms with E-state index in [2.05, 4.69) is 23.8 Å². The topological polar surface area (TPSA) is 88.6 Å². The van der Waals surface area contributed by atoms with Gasteiger partial charge in [0, 0.05) is 22.4 Å². The monoisotopic (exact) mass is 365 g/mol. The lowest BCUT2D eigenvalue weighted by atomic mass is 10.0. The minimum atomic E-state index is -1.03. The Hall–Kier alpha value is -1.34. The summed E-state index contributed by atoms with van der Waals surface area (Å²) in [4.78, 5) is 20.8. The standard InChI is InChI=1S/C17H23N3O2S2/c1-8(2)23-16-13(11-6-7-11)19-17(24-16)20-14(15(21)22)12(9(3)18)10-4-5-10/h8,10-11H,4-7,18H2,1-3H3,(H,21,22). The van der Waals surface area contributed by atoms with E-state index in [9.17, 15) is 9.90 Å². The van der Waals surface area contributed by atoms with Crippen molar-refractivity contribution in [1.82, 2.24) is 4.98 Å². The van der Waals surface area contributed by atoms with E-state index in [1.807, 2.05) is 0 Å². The number of carboxylic acids is 1. The van der Waals surface area contributed by atoms with Crippen molar-refractivity contribution in [2.45, 2.75) is 61.8 Å². The molecule has 1 heterocycles. The van der Waals surface area contributed by atoms with Crippen LogP contribution in [0.4, 0.5) is 5.13 Å². The predicted octanol–water partition coefficient (Wildman–Crippen LogP) is 4.32. The third-order valence-corrected chi connectivity index (χ3v) is 6.18. The lowest BCUT2D eigenvalue weighted by molar-refractivity contribution is -0.129. The first-order valence-electron chi connectivity index (χ1n) is 8.32. The number of aliphatic imine (C=N–C) groups is 1. The molecule has 0 aliphatic heterocycles. The minimum absolute atomic E-state index is 0.0645. The zero-order valence-electron chi connectivity index (χ0n) is 14.2. The van der Waals surface area contributed by atoms with E-state index in [0.29, 0.717) is 27.6 Å². The molecule has 0 atom stereocenters. The van der Waals surface area contributed by atoms with Crippen LogP contribution in [0.5, 0.6) is 0 Å². The Morgan fingerprint density at radius 3 is 2.50 bits per heavy atom. The van der Waals surface area contributed by atoms with E-state index in [4.69, 9.17) is 5.73 Å². The van der Waals surface area contributed by atoms with Crippen LogP contribution in [0.15, 0.2) is 20.5 Å². The van der Waals surface area contributed by atoms with Gasteiger partial charge in [0.1, 0.15) is 0 Å². The molecule has 2 saturated carbocycles. The summed E-state index contributed by atoms with van der Waals surface area (Å²) in [6.45, 7) is 6.06. The van der Waals surface area contributed by atoms with Crippen LogP contribution in [0.2, 0.25) is 0 Å². The zero-order valence-corrected chi connectivity index (χ0v) is 15.8. The number of nitrogens with zero attached hydrogens (tertiary/aromatic N) is 2. The molecule has 0 bridgehead atoms. The number of nitrogens with two attached hydrogens (primary N) is 1. The molecular weight excluding hydrogens is 342 g/mol. The maximum absolute atomic E-state index is 11.7. The van der Waals surface area contributed by atoms with Gasteiger partial charge in [0.15, 0.2) is 5.71 Å². The van der Waals surface area contributed by atoms with Crippen LogP contribution in [-0.2, 0) is 4.79 Å². The third-order valence-electron chi connectivity index (χ3n) is 3.99. The Bertz CT molecular complexity index is 709. The zero-order chi connectivity index (χ0) is 17.4. The van der Waals surface area contributed by atoms with Crippen molar-refractivity contribution in [2.75, 3.05) is 0 Å². The lowest BCUT2D eigenvalue weighted by Crippen LogP contribution is -2.20. The van der Waals surface area contributed by atoms with Gasteiger partial charge in [0.25, 0.3) is 0 Å². The largest absolute Gasteiger partial charge is 0.476 e. The van der Waals surface area contributed by atoms with Crippen molar-refractivity contribution in [1.29, 1.82) is 0 Å². The Labute approximate surface area is 150 Å². The van der Waals surface area contributed by atoms with Gasteiger partial charge in [-0.2, -0.15) is 0 Å². The summed E-state index contributed by atoms with van der Waals surface area (Å²) in [6.07, 6.45) is 4.30. The van der Waals surface area contributed by atoms with Crippen molar-refractivity contribution >= 4 is 39.9 Å². The molecule has 1 aromatic rings. The maximum Gasteiger partial charge on any atom is 0.354 e. The van der Waals surface area contributed by atoms with Crippen molar-refractivity contribution < 1.29 is 9.90 Å². The first-order chi connectivity index (χ1) is 11.4. The normalized spacial score (nSPS) is 19.6. The van der Waals surface area contributed by atoms with Crippen LogP contribution < -0.4 is 5.73 Å². The Morgan fingerprint density at radius 2 is 2.04 bits per heavy atom. The van der Waals surface area contributed by atoms with Gasteiger partial charge in [-0.1, -0.05) is 25.2 Å². The Kier molecular flexibility index (Phi) is 5.01. The summed E-state index contributed by atoms with van der Waals surface area (Å²) < 4.78 is 1.18. The molecule has 7 heteroatoms. The summed E-state index contributed by atoms with van der Waals surface area (Å²) in [5, 5.41) is 10.6. The second-order valence-electron chi connectivity index (χ2n) is 6.75. The summed E-state index contributed by atoms with van der Waals surface area (Å²) in [6, 6.07) is 0. The molecule has 2 aliphatic rings. The molecule has 2 aliphatic carbocycles. The van der Waals surface area contributed by atoms with E-state index in [1.165, 1.54) is 28.4 Å². The van der Waals surface area contributed by atoms with Crippen molar-refractivity contribution in [3.8, 4) is 0 Å². The van der Waals surface area contributed by atoms with Gasteiger partial charge in [0.05, 0.1) is 9.90 Å². The quantitative estimate of drug-likeness (QED) is 0.555. The van der Waals surface area contributed by atoms with E-state index < -0.39 is 5.97 Å². The van der Waals surface area contributed by atoms with Crippen LogP contribution in [0.3, 0.4) is 0 Å². The molecule has 2 fully saturated rings. The van der Waals surface area contributed by atoms with Gasteiger partial charge in [-0.25, -0.2) is 14.8 Å². The van der Waals surface area contributed by atoms with Crippen LogP contribution in [0.1, 0.15) is 58.1 Å². The number of thioether (sulfide) groups is 1. The molecule has 0 amide bonds. The van der Waals surface area contributed by atoms with Crippen molar-refractivity contribution in [3.05, 3.63) is 17.0 Å². The molecule has 5 nitrogen and oxygen atoms in total. The molecule has 1 aromatic heterocycles. The minimum Gasteiger partial charge on any atom is -0.476 e. The van der Waals surface area contributed by atoms with E-state index in [-0.39, 0.29) is 11.6 Å². The highest BCUT2D eigenvalue weighted by molar-refractivity contribution is 8.01. The predicted molar refractivity (Wildman–Crippen MR) is 99.4 cm³/mol. The number of rotatable bonds is 7. The number of carbonyl (C=O) groups is 1. The Morgan fingerprint density at radius 1 is 1.38 bits per heavy atom. The maximum atomic E-state index is 11.7. The summed E-state index contributed by atoms with van der Waals surface area (Å²) in [5.41, 5.74) is 8.34. The number of carboxylic acid groups (broad SMARTS) is 1. The number of allylic oxidation sites excluding steroid dienone is 1. The number of aromatic nitrogens is 1. The summed E-state index contributed by atoms with van der Waals surface area (Å²) in [5.74, 6) is -0.269. The van der Waals surface area contributed by atoms with Crippen molar-refractivity contribution in [3.63, 3.8) is 0 Å².